The summed E-state index contributed by atoms with van der Waals surface area (Å²) in [7, 11) is 0. The molecule has 1 fully saturated rings. The summed E-state index contributed by atoms with van der Waals surface area (Å²) >= 11 is 0. The van der Waals surface area contributed by atoms with Gasteiger partial charge in [-0.15, -0.1) is 0 Å². The third kappa shape index (κ3) is 4.45. The molecule has 1 saturated carbocycles. The second kappa shape index (κ2) is 8.21. The minimum absolute atomic E-state index is 0.204. The van der Waals surface area contributed by atoms with Crippen molar-refractivity contribution in [1.29, 1.82) is 0 Å². The highest BCUT2D eigenvalue weighted by Crippen LogP contribution is 2.35. The van der Waals surface area contributed by atoms with E-state index in [1.165, 1.54) is 12.0 Å². The lowest BCUT2D eigenvalue weighted by atomic mass is 9.76. The van der Waals surface area contributed by atoms with Gasteiger partial charge in [0.05, 0.1) is 0 Å². The van der Waals surface area contributed by atoms with E-state index in [0.29, 0.717) is 11.7 Å². The molecule has 110 valence electrons. The van der Waals surface area contributed by atoms with Gasteiger partial charge in [0.25, 0.3) is 0 Å². The zero-order valence-electron chi connectivity index (χ0n) is 12.5. The smallest absolute Gasteiger partial charge is 0.136 e. The molecule has 20 heavy (non-hydrogen) atoms. The molecule has 0 N–H and O–H groups in total. The molecule has 0 amide bonds. The minimum atomic E-state index is 0.204. The van der Waals surface area contributed by atoms with Crippen LogP contribution in [0.15, 0.2) is 30.3 Å². The van der Waals surface area contributed by atoms with Crippen molar-refractivity contribution in [3.63, 3.8) is 0 Å². The molecule has 1 aliphatic rings. The average molecular weight is 274 g/mol. The second-order valence-corrected chi connectivity index (χ2v) is 5.80. The van der Waals surface area contributed by atoms with E-state index in [1.807, 2.05) is 0 Å². The lowest BCUT2D eigenvalue weighted by molar-refractivity contribution is -0.125. The van der Waals surface area contributed by atoms with Crippen molar-refractivity contribution in [3.05, 3.63) is 35.9 Å². The monoisotopic (exact) mass is 274 g/mol. The number of unbranched alkanes of at least 4 members (excludes halogenated alkanes) is 1. The maximum Gasteiger partial charge on any atom is 0.136 e. The van der Waals surface area contributed by atoms with E-state index >= 15 is 0 Å². The molecule has 2 atom stereocenters. The van der Waals surface area contributed by atoms with Gasteiger partial charge in [-0.25, -0.2) is 0 Å². The number of hydrogen-bond donors (Lipinski definition) is 0. The van der Waals surface area contributed by atoms with Crippen molar-refractivity contribution in [2.24, 2.45) is 5.92 Å². The van der Waals surface area contributed by atoms with E-state index in [1.54, 1.807) is 0 Å². The van der Waals surface area contributed by atoms with E-state index < -0.39 is 0 Å². The van der Waals surface area contributed by atoms with Crippen LogP contribution >= 0.6 is 0 Å². The molecule has 2 unspecified atom stereocenters. The number of carbonyl (C=O) groups is 1. The van der Waals surface area contributed by atoms with Crippen molar-refractivity contribution < 1.29 is 9.53 Å². The maximum atomic E-state index is 12.0. The molecule has 1 aliphatic carbocycles. The van der Waals surface area contributed by atoms with Gasteiger partial charge in [0.15, 0.2) is 0 Å². The summed E-state index contributed by atoms with van der Waals surface area (Å²) in [5.74, 6) is 1.20. The van der Waals surface area contributed by atoms with Crippen LogP contribution in [0.25, 0.3) is 0 Å². The van der Waals surface area contributed by atoms with Crippen molar-refractivity contribution in [1.82, 2.24) is 0 Å². The van der Waals surface area contributed by atoms with Gasteiger partial charge in [0, 0.05) is 25.6 Å². The Labute approximate surface area is 122 Å². The normalized spacial score (nSPS) is 22.9. The Balaban J connectivity index is 1.81. The molecule has 2 rings (SSSR count). The molecule has 0 aliphatic heterocycles. The molecule has 1 aromatic rings. The molecular formula is C18H26O2. The number of carbonyl (C=O) groups excluding carboxylic acids is 1. The minimum Gasteiger partial charge on any atom is -0.381 e. The fourth-order valence-corrected chi connectivity index (χ4v) is 2.99. The van der Waals surface area contributed by atoms with Crippen LogP contribution in [0.2, 0.25) is 0 Å². The molecule has 0 bridgehead atoms. The van der Waals surface area contributed by atoms with Crippen LogP contribution in [-0.4, -0.2) is 19.0 Å². The first-order valence-electron chi connectivity index (χ1n) is 7.96. The zero-order valence-corrected chi connectivity index (χ0v) is 12.5. The van der Waals surface area contributed by atoms with Crippen molar-refractivity contribution >= 4 is 5.78 Å². The van der Waals surface area contributed by atoms with Crippen molar-refractivity contribution in [2.45, 2.75) is 51.4 Å². The predicted molar refractivity (Wildman–Crippen MR) is 81.9 cm³/mol. The van der Waals surface area contributed by atoms with Crippen molar-refractivity contribution in [2.75, 3.05) is 13.2 Å². The Hall–Kier alpha value is -1.15. The van der Waals surface area contributed by atoms with Crippen molar-refractivity contribution in [3.8, 4) is 0 Å². The van der Waals surface area contributed by atoms with Gasteiger partial charge in [0.2, 0.25) is 0 Å². The van der Waals surface area contributed by atoms with Gasteiger partial charge < -0.3 is 4.74 Å². The summed E-state index contributed by atoms with van der Waals surface area (Å²) in [5, 5.41) is 0. The van der Waals surface area contributed by atoms with Crippen LogP contribution < -0.4 is 0 Å². The van der Waals surface area contributed by atoms with Gasteiger partial charge in [-0.1, -0.05) is 43.7 Å². The largest absolute Gasteiger partial charge is 0.381 e. The standard InChI is InChI=1S/C18H26O2/c1-2-3-12-20-13-11-17-14-16(9-10-18(17)19)15-7-5-4-6-8-15/h4-8,16-17H,2-3,9-14H2,1H3. The number of Topliss-reactive ketones (excluding diaryl/α,β-unsaturated/α-hetero) is 1. The topological polar surface area (TPSA) is 26.3 Å². The van der Waals surface area contributed by atoms with Crippen LogP contribution in [0.4, 0.5) is 0 Å². The van der Waals surface area contributed by atoms with Crippen LogP contribution in [0.1, 0.15) is 56.9 Å². The number of ketones is 1. The Bertz CT molecular complexity index is 399. The third-order valence-electron chi connectivity index (χ3n) is 4.29. The van der Waals surface area contributed by atoms with Crippen LogP contribution in [0, 0.1) is 5.92 Å². The first kappa shape index (κ1) is 15.2. The summed E-state index contributed by atoms with van der Waals surface area (Å²) in [6.45, 7) is 3.73. The first-order valence-corrected chi connectivity index (χ1v) is 7.96. The third-order valence-corrected chi connectivity index (χ3v) is 4.29. The van der Waals surface area contributed by atoms with E-state index in [0.717, 1.165) is 45.3 Å². The summed E-state index contributed by atoms with van der Waals surface area (Å²) in [4.78, 5) is 12.0. The molecule has 2 nitrogen and oxygen atoms in total. The highest BCUT2D eigenvalue weighted by atomic mass is 16.5. The predicted octanol–water partition coefficient (Wildman–Crippen LogP) is 4.35. The Kier molecular flexibility index (Phi) is 6.25. The first-order chi connectivity index (χ1) is 9.81. The molecule has 0 spiro atoms. The molecule has 1 aromatic carbocycles. The number of ether oxygens (including phenoxy) is 1. The molecule has 0 aromatic heterocycles. The van der Waals surface area contributed by atoms with Crippen LogP contribution in [0.3, 0.4) is 0 Å². The summed E-state index contributed by atoms with van der Waals surface area (Å²) in [6.07, 6.45) is 5.92. The summed E-state index contributed by atoms with van der Waals surface area (Å²) in [6, 6.07) is 10.6. The Morgan fingerprint density at radius 2 is 2.00 bits per heavy atom. The average Bonchev–Trinajstić information content (AvgIpc) is 2.49. The van der Waals surface area contributed by atoms with Gasteiger partial charge in [-0.3, -0.25) is 4.79 Å². The number of hydrogen-bond acceptors (Lipinski definition) is 2. The van der Waals surface area contributed by atoms with Gasteiger partial charge in [0.1, 0.15) is 5.78 Å². The quantitative estimate of drug-likeness (QED) is 0.691. The lowest BCUT2D eigenvalue weighted by Crippen LogP contribution is -2.25. The van der Waals surface area contributed by atoms with Crippen LogP contribution in [0.5, 0.6) is 0 Å². The highest BCUT2D eigenvalue weighted by Gasteiger charge is 2.29. The summed E-state index contributed by atoms with van der Waals surface area (Å²) < 4.78 is 5.61. The van der Waals surface area contributed by atoms with E-state index in [-0.39, 0.29) is 5.92 Å². The van der Waals surface area contributed by atoms with Gasteiger partial charge in [-0.2, -0.15) is 0 Å². The Morgan fingerprint density at radius 1 is 1.20 bits per heavy atom. The van der Waals surface area contributed by atoms with Crippen LogP contribution in [-0.2, 0) is 9.53 Å². The number of rotatable bonds is 7. The maximum absolute atomic E-state index is 12.0. The fourth-order valence-electron chi connectivity index (χ4n) is 2.99. The molecule has 2 heteroatoms. The van der Waals surface area contributed by atoms with E-state index in [2.05, 4.69) is 37.3 Å². The highest BCUT2D eigenvalue weighted by molar-refractivity contribution is 5.82. The number of benzene rings is 1. The van der Waals surface area contributed by atoms with E-state index in [4.69, 9.17) is 4.74 Å². The van der Waals surface area contributed by atoms with Gasteiger partial charge in [-0.05, 0) is 37.2 Å². The fraction of sp³-hybridized carbons (Fsp3) is 0.611. The summed E-state index contributed by atoms with van der Waals surface area (Å²) in [5.41, 5.74) is 1.39. The lowest BCUT2D eigenvalue weighted by Gasteiger charge is -2.28. The molecule has 0 heterocycles. The molecule has 0 saturated heterocycles. The molecular weight excluding hydrogens is 248 g/mol. The van der Waals surface area contributed by atoms with E-state index in [9.17, 15) is 4.79 Å². The Morgan fingerprint density at radius 3 is 2.75 bits per heavy atom. The van der Waals surface area contributed by atoms with Gasteiger partial charge >= 0.3 is 0 Å². The SMILES string of the molecule is CCCCOCCC1CC(c2ccccc2)CCC1=O. The molecule has 0 radical (unpaired) electrons. The second-order valence-electron chi connectivity index (χ2n) is 5.80. The zero-order chi connectivity index (χ0) is 14.2.